The zero-order chi connectivity index (χ0) is 18.2. The number of alkyl halides is 2. The van der Waals surface area contributed by atoms with Gasteiger partial charge in [0.05, 0.1) is 17.5 Å². The largest absolute Gasteiger partial charge is 0.339 e. The Morgan fingerprint density at radius 1 is 1.24 bits per heavy atom. The number of nitrogens with one attached hydrogen (secondary N) is 1. The van der Waals surface area contributed by atoms with Crippen molar-refractivity contribution < 1.29 is 22.0 Å². The lowest BCUT2D eigenvalue weighted by atomic mass is 10.1. The summed E-state index contributed by atoms with van der Waals surface area (Å²) in [6, 6.07) is 5.07. The first-order chi connectivity index (χ1) is 11.7. The van der Waals surface area contributed by atoms with Crippen molar-refractivity contribution in [1.29, 1.82) is 0 Å². The Bertz CT molecular complexity index is 767. The van der Waals surface area contributed by atoms with Gasteiger partial charge in [0, 0.05) is 37.6 Å². The van der Waals surface area contributed by atoms with Crippen LogP contribution in [0.3, 0.4) is 0 Å². The van der Waals surface area contributed by atoms with E-state index in [9.17, 15) is 22.0 Å². The Balaban J connectivity index is 1.63. The second-order valence-corrected chi connectivity index (χ2v) is 8.55. The quantitative estimate of drug-likeness (QED) is 0.837. The van der Waals surface area contributed by atoms with Crippen LogP contribution in [0.2, 0.25) is 5.02 Å². The summed E-state index contributed by atoms with van der Waals surface area (Å²) in [6.07, 6.45) is -0.521. The summed E-state index contributed by atoms with van der Waals surface area (Å²) in [5.41, 5.74) is 0. The molecule has 0 spiro atoms. The van der Waals surface area contributed by atoms with E-state index in [2.05, 4.69) is 5.32 Å². The molecule has 1 atom stereocenters. The first-order valence-electron chi connectivity index (χ1n) is 7.85. The molecule has 0 aromatic heterocycles. The Morgan fingerprint density at radius 3 is 2.48 bits per heavy atom. The van der Waals surface area contributed by atoms with Gasteiger partial charge in [-0.25, -0.2) is 17.2 Å². The third-order valence-corrected chi connectivity index (χ3v) is 6.52. The molecule has 3 rings (SSSR count). The second kappa shape index (κ2) is 6.79. The van der Waals surface area contributed by atoms with E-state index in [1.165, 1.54) is 21.3 Å². The predicted molar refractivity (Wildman–Crippen MR) is 88.1 cm³/mol. The standard InChI is InChI=1S/C15H18ClF2N3O3S/c16-11-2-1-3-12(8-11)25(23,24)21-6-4-20(5-7-21)14(22)13-9-15(17,18)10-19-13/h1-3,8,13,19H,4-7,9-10H2. The van der Waals surface area contributed by atoms with Crippen LogP contribution in [0.15, 0.2) is 29.2 Å². The number of hydrogen-bond donors (Lipinski definition) is 1. The van der Waals surface area contributed by atoms with E-state index in [0.29, 0.717) is 5.02 Å². The maximum absolute atomic E-state index is 13.2. The monoisotopic (exact) mass is 393 g/mol. The van der Waals surface area contributed by atoms with Crippen molar-refractivity contribution in [3.05, 3.63) is 29.3 Å². The fraction of sp³-hybridized carbons (Fsp3) is 0.533. The van der Waals surface area contributed by atoms with E-state index in [1.807, 2.05) is 0 Å². The third-order valence-electron chi connectivity index (χ3n) is 4.39. The smallest absolute Gasteiger partial charge is 0.262 e. The van der Waals surface area contributed by atoms with Crippen LogP contribution in [-0.4, -0.2) is 68.2 Å². The van der Waals surface area contributed by atoms with Crippen molar-refractivity contribution in [1.82, 2.24) is 14.5 Å². The number of carbonyl (C=O) groups is 1. The number of sulfonamides is 1. The van der Waals surface area contributed by atoms with Crippen LogP contribution in [0.5, 0.6) is 0 Å². The van der Waals surface area contributed by atoms with E-state index in [-0.39, 0.29) is 31.1 Å². The van der Waals surface area contributed by atoms with E-state index < -0.39 is 40.9 Å². The molecule has 2 heterocycles. The molecule has 0 aliphatic carbocycles. The molecular formula is C15H18ClF2N3O3S. The molecule has 138 valence electrons. The van der Waals surface area contributed by atoms with E-state index in [4.69, 9.17) is 11.6 Å². The molecule has 0 bridgehead atoms. The molecule has 2 aliphatic heterocycles. The molecule has 1 unspecified atom stereocenters. The number of carbonyl (C=O) groups excluding carboxylic acids is 1. The van der Waals surface area contributed by atoms with Gasteiger partial charge in [0.2, 0.25) is 15.9 Å². The minimum atomic E-state index is -3.70. The van der Waals surface area contributed by atoms with Gasteiger partial charge < -0.3 is 4.90 Å². The highest BCUT2D eigenvalue weighted by Gasteiger charge is 2.44. The molecule has 2 fully saturated rings. The molecule has 25 heavy (non-hydrogen) atoms. The maximum atomic E-state index is 13.2. The first kappa shape index (κ1) is 18.5. The fourth-order valence-corrected chi connectivity index (χ4v) is 4.76. The Hall–Kier alpha value is -1.29. The van der Waals surface area contributed by atoms with Crippen molar-refractivity contribution in [3.63, 3.8) is 0 Å². The first-order valence-corrected chi connectivity index (χ1v) is 9.67. The maximum Gasteiger partial charge on any atom is 0.262 e. The third kappa shape index (κ3) is 3.94. The summed E-state index contributed by atoms with van der Waals surface area (Å²) in [5, 5.41) is 2.85. The Labute approximate surface area is 149 Å². The average Bonchev–Trinajstić information content (AvgIpc) is 2.94. The average molecular weight is 394 g/mol. The number of benzene rings is 1. The predicted octanol–water partition coefficient (Wildman–Crippen LogP) is 1.17. The lowest BCUT2D eigenvalue weighted by Gasteiger charge is -2.35. The van der Waals surface area contributed by atoms with Gasteiger partial charge in [0.15, 0.2) is 0 Å². The lowest BCUT2D eigenvalue weighted by molar-refractivity contribution is -0.134. The summed E-state index contributed by atoms with van der Waals surface area (Å²) in [7, 11) is -3.70. The van der Waals surface area contributed by atoms with Crippen LogP contribution in [0.4, 0.5) is 8.78 Å². The number of hydrogen-bond acceptors (Lipinski definition) is 4. The van der Waals surface area contributed by atoms with Crippen LogP contribution >= 0.6 is 11.6 Å². The number of amides is 1. The van der Waals surface area contributed by atoms with Crippen molar-refractivity contribution in [3.8, 4) is 0 Å². The highest BCUT2D eigenvalue weighted by Crippen LogP contribution is 2.27. The van der Waals surface area contributed by atoms with Gasteiger partial charge in [-0.15, -0.1) is 0 Å². The number of halogens is 3. The Kier molecular flexibility index (Phi) is 5.02. The molecule has 6 nitrogen and oxygen atoms in total. The van der Waals surface area contributed by atoms with Crippen LogP contribution in [0.25, 0.3) is 0 Å². The van der Waals surface area contributed by atoms with Gasteiger partial charge in [0.1, 0.15) is 0 Å². The molecule has 0 saturated carbocycles. The lowest BCUT2D eigenvalue weighted by Crippen LogP contribution is -2.54. The van der Waals surface area contributed by atoms with Crippen molar-refractivity contribution in [2.45, 2.75) is 23.3 Å². The topological polar surface area (TPSA) is 69.7 Å². The van der Waals surface area contributed by atoms with Gasteiger partial charge in [0.25, 0.3) is 5.92 Å². The van der Waals surface area contributed by atoms with Crippen LogP contribution in [0.1, 0.15) is 6.42 Å². The van der Waals surface area contributed by atoms with Gasteiger partial charge in [-0.1, -0.05) is 17.7 Å². The molecule has 1 aromatic rings. The fourth-order valence-electron chi connectivity index (χ4n) is 3.04. The summed E-state index contributed by atoms with van der Waals surface area (Å²) >= 11 is 5.85. The molecule has 0 radical (unpaired) electrons. The van der Waals surface area contributed by atoms with E-state index in [0.717, 1.165) is 0 Å². The summed E-state index contributed by atoms with van der Waals surface area (Å²) in [4.78, 5) is 13.8. The summed E-state index contributed by atoms with van der Waals surface area (Å²) < 4.78 is 53.0. The molecule has 1 aromatic carbocycles. The van der Waals surface area contributed by atoms with E-state index >= 15 is 0 Å². The molecular weight excluding hydrogens is 376 g/mol. The van der Waals surface area contributed by atoms with Crippen molar-refractivity contribution in [2.24, 2.45) is 0 Å². The number of piperazine rings is 1. The minimum absolute atomic E-state index is 0.0943. The van der Waals surface area contributed by atoms with Crippen LogP contribution < -0.4 is 5.32 Å². The number of nitrogens with zero attached hydrogens (tertiary/aromatic N) is 2. The van der Waals surface area contributed by atoms with Crippen LogP contribution in [0, 0.1) is 0 Å². The number of rotatable bonds is 3. The second-order valence-electron chi connectivity index (χ2n) is 6.18. The molecule has 1 amide bonds. The molecule has 2 saturated heterocycles. The van der Waals surface area contributed by atoms with Gasteiger partial charge in [-0.3, -0.25) is 10.1 Å². The van der Waals surface area contributed by atoms with Crippen LogP contribution in [-0.2, 0) is 14.8 Å². The minimum Gasteiger partial charge on any atom is -0.339 e. The summed E-state index contributed by atoms with van der Waals surface area (Å²) in [6.45, 7) is 0.0602. The molecule has 10 heteroatoms. The molecule has 2 aliphatic rings. The Morgan fingerprint density at radius 2 is 1.92 bits per heavy atom. The zero-order valence-corrected chi connectivity index (χ0v) is 14.9. The SMILES string of the molecule is O=C(C1CC(F)(F)CN1)N1CCN(S(=O)(=O)c2cccc(Cl)c2)CC1. The van der Waals surface area contributed by atoms with E-state index in [1.54, 1.807) is 12.1 Å². The van der Waals surface area contributed by atoms with Gasteiger partial charge in [-0.2, -0.15) is 4.31 Å². The normalized spacial score (nSPS) is 24.4. The van der Waals surface area contributed by atoms with Crippen molar-refractivity contribution >= 4 is 27.5 Å². The molecule has 1 N–H and O–H groups in total. The highest BCUT2D eigenvalue weighted by atomic mass is 35.5. The van der Waals surface area contributed by atoms with Crippen molar-refractivity contribution in [2.75, 3.05) is 32.7 Å². The van der Waals surface area contributed by atoms with Gasteiger partial charge >= 0.3 is 0 Å². The summed E-state index contributed by atoms with van der Waals surface area (Å²) in [5.74, 6) is -3.28. The zero-order valence-electron chi connectivity index (χ0n) is 13.3. The van der Waals surface area contributed by atoms with Gasteiger partial charge in [-0.05, 0) is 18.2 Å². The highest BCUT2D eigenvalue weighted by molar-refractivity contribution is 7.89.